The van der Waals surface area contributed by atoms with Gasteiger partial charge in [0.25, 0.3) is 5.91 Å². The third-order valence-electron chi connectivity index (χ3n) is 7.98. The third kappa shape index (κ3) is 6.26. The first-order chi connectivity index (χ1) is 19.3. The van der Waals surface area contributed by atoms with Crippen molar-refractivity contribution in [2.24, 2.45) is 16.5 Å². The van der Waals surface area contributed by atoms with E-state index >= 15 is 0 Å². The summed E-state index contributed by atoms with van der Waals surface area (Å²) in [5, 5.41) is 3.10. The number of carbonyl (C=O) groups is 2. The molecule has 0 atom stereocenters. The first kappa shape index (κ1) is 27.6. The molecule has 2 fully saturated rings. The molecule has 5 rings (SSSR count). The molecular formula is C29H39N9O2. The molecule has 1 aromatic heterocycles. The SMILES string of the molecule is CN1CCC(N(C)C(=O)c2ccc(N/C(N)=N/c3ncccc3C3=CCN(C(=O)N4CC(N)C4)CC3)cc2)CC1. The summed E-state index contributed by atoms with van der Waals surface area (Å²) < 4.78 is 0. The number of rotatable bonds is 5. The molecule has 0 spiro atoms. The Morgan fingerprint density at radius 2 is 1.80 bits per heavy atom. The Hall–Kier alpha value is -3.96. The Kier molecular flexibility index (Phi) is 8.32. The van der Waals surface area contributed by atoms with Crippen LogP contribution in [-0.2, 0) is 0 Å². The van der Waals surface area contributed by atoms with Crippen molar-refractivity contribution in [2.75, 3.05) is 58.7 Å². The summed E-state index contributed by atoms with van der Waals surface area (Å²) in [4.78, 5) is 42.4. The fraction of sp³-hybridized carbons (Fsp3) is 0.448. The molecule has 3 aliphatic rings. The molecule has 3 aliphatic heterocycles. The van der Waals surface area contributed by atoms with E-state index in [0.29, 0.717) is 44.0 Å². The van der Waals surface area contributed by atoms with Gasteiger partial charge in [-0.15, -0.1) is 0 Å². The third-order valence-corrected chi connectivity index (χ3v) is 7.98. The van der Waals surface area contributed by atoms with Crippen LogP contribution in [0.15, 0.2) is 53.7 Å². The number of nitrogens with two attached hydrogens (primary N) is 2. The summed E-state index contributed by atoms with van der Waals surface area (Å²) in [6.07, 6.45) is 6.42. The average molecular weight is 546 g/mol. The molecule has 0 aliphatic carbocycles. The van der Waals surface area contributed by atoms with Crippen LogP contribution in [0.25, 0.3) is 5.57 Å². The van der Waals surface area contributed by atoms with E-state index in [2.05, 4.69) is 33.3 Å². The number of anilines is 1. The molecule has 0 bridgehead atoms. The summed E-state index contributed by atoms with van der Waals surface area (Å²) >= 11 is 0. The lowest BCUT2D eigenvalue weighted by Crippen LogP contribution is -2.61. The Bertz CT molecular complexity index is 1280. The quantitative estimate of drug-likeness (QED) is 0.387. The monoisotopic (exact) mass is 545 g/mol. The van der Waals surface area contributed by atoms with Gasteiger partial charge >= 0.3 is 6.03 Å². The molecule has 0 unspecified atom stereocenters. The van der Waals surface area contributed by atoms with Gasteiger partial charge in [-0.2, -0.15) is 4.99 Å². The second-order valence-electron chi connectivity index (χ2n) is 10.9. The van der Waals surface area contributed by atoms with Crippen molar-refractivity contribution in [2.45, 2.75) is 31.3 Å². The molecular weight excluding hydrogens is 506 g/mol. The van der Waals surface area contributed by atoms with Gasteiger partial charge in [0.1, 0.15) is 0 Å². The minimum Gasteiger partial charge on any atom is -0.369 e. The van der Waals surface area contributed by atoms with Gasteiger partial charge in [0, 0.05) is 68.3 Å². The van der Waals surface area contributed by atoms with Crippen molar-refractivity contribution in [3.8, 4) is 0 Å². The van der Waals surface area contributed by atoms with Crippen LogP contribution in [-0.4, -0.2) is 108 Å². The number of urea groups is 1. The lowest BCUT2D eigenvalue weighted by Gasteiger charge is -2.40. The van der Waals surface area contributed by atoms with Crippen molar-refractivity contribution in [1.82, 2.24) is 24.6 Å². The molecule has 5 N–H and O–H groups in total. The maximum atomic E-state index is 13.0. The zero-order valence-electron chi connectivity index (χ0n) is 23.3. The summed E-state index contributed by atoms with van der Waals surface area (Å²) in [6, 6.07) is 11.5. The Balaban J connectivity index is 1.21. The molecule has 0 saturated carbocycles. The van der Waals surface area contributed by atoms with Crippen molar-refractivity contribution in [1.29, 1.82) is 0 Å². The number of hydrogen-bond donors (Lipinski definition) is 3. The van der Waals surface area contributed by atoms with E-state index in [1.807, 2.05) is 53.2 Å². The predicted octanol–water partition coefficient (Wildman–Crippen LogP) is 2.16. The number of likely N-dealkylation sites (tertiary alicyclic amines) is 2. The minimum atomic E-state index is 0.0235. The van der Waals surface area contributed by atoms with Gasteiger partial charge in [-0.25, -0.2) is 9.78 Å². The number of aromatic nitrogens is 1. The first-order valence-electron chi connectivity index (χ1n) is 13.9. The Morgan fingerprint density at radius 1 is 1.07 bits per heavy atom. The largest absolute Gasteiger partial charge is 0.369 e. The van der Waals surface area contributed by atoms with Crippen LogP contribution in [0.4, 0.5) is 16.3 Å². The highest BCUT2D eigenvalue weighted by Gasteiger charge is 2.31. The van der Waals surface area contributed by atoms with Crippen LogP contribution in [0, 0.1) is 0 Å². The van der Waals surface area contributed by atoms with Gasteiger partial charge in [-0.1, -0.05) is 6.08 Å². The average Bonchev–Trinajstić information content (AvgIpc) is 2.95. The van der Waals surface area contributed by atoms with Crippen LogP contribution < -0.4 is 16.8 Å². The number of nitrogens with zero attached hydrogens (tertiary/aromatic N) is 6. The van der Waals surface area contributed by atoms with Crippen LogP contribution in [0.2, 0.25) is 0 Å². The molecule has 0 radical (unpaired) electrons. The highest BCUT2D eigenvalue weighted by molar-refractivity contribution is 5.97. The Morgan fingerprint density at radius 3 is 2.45 bits per heavy atom. The van der Waals surface area contributed by atoms with Gasteiger partial charge in [0.05, 0.1) is 0 Å². The highest BCUT2D eigenvalue weighted by atomic mass is 16.2. The lowest BCUT2D eigenvalue weighted by atomic mass is 10.00. The summed E-state index contributed by atoms with van der Waals surface area (Å²) in [6.45, 7) is 4.41. The van der Waals surface area contributed by atoms with E-state index in [1.165, 1.54) is 0 Å². The van der Waals surface area contributed by atoms with Crippen molar-refractivity contribution < 1.29 is 9.59 Å². The van der Waals surface area contributed by atoms with Gasteiger partial charge in [-0.05, 0) is 81.4 Å². The van der Waals surface area contributed by atoms with E-state index in [-0.39, 0.29) is 30.0 Å². The molecule has 11 nitrogen and oxygen atoms in total. The fourth-order valence-corrected chi connectivity index (χ4v) is 5.43. The number of aliphatic imine (C=N–C) groups is 1. The smallest absolute Gasteiger partial charge is 0.320 e. The number of piperidine rings is 1. The second kappa shape index (κ2) is 12.1. The number of nitrogens with one attached hydrogen (secondary N) is 1. The minimum absolute atomic E-state index is 0.0235. The summed E-state index contributed by atoms with van der Waals surface area (Å²) in [7, 11) is 4.00. The van der Waals surface area contributed by atoms with Gasteiger partial charge < -0.3 is 36.4 Å². The van der Waals surface area contributed by atoms with Crippen molar-refractivity contribution in [3.05, 3.63) is 59.8 Å². The van der Waals surface area contributed by atoms with E-state index in [0.717, 1.165) is 42.8 Å². The number of pyridine rings is 1. The first-order valence-corrected chi connectivity index (χ1v) is 13.9. The number of benzene rings is 1. The van der Waals surface area contributed by atoms with E-state index in [9.17, 15) is 9.59 Å². The fourth-order valence-electron chi connectivity index (χ4n) is 5.43. The number of guanidine groups is 1. The zero-order chi connectivity index (χ0) is 28.2. The van der Waals surface area contributed by atoms with Crippen LogP contribution >= 0.6 is 0 Å². The molecule has 3 amide bonds. The predicted molar refractivity (Wildman–Crippen MR) is 157 cm³/mol. The van der Waals surface area contributed by atoms with Crippen LogP contribution in [0.3, 0.4) is 0 Å². The van der Waals surface area contributed by atoms with Gasteiger partial charge in [0.15, 0.2) is 11.8 Å². The van der Waals surface area contributed by atoms with E-state index in [1.54, 1.807) is 11.1 Å². The zero-order valence-corrected chi connectivity index (χ0v) is 23.3. The summed E-state index contributed by atoms with van der Waals surface area (Å²) in [5.74, 6) is 0.735. The molecule has 2 saturated heterocycles. The standard InChI is InChI=1S/C29H39N9O2/c1-35-14-11-24(12-15-35)36(2)27(39)21-5-7-23(8-6-21)33-28(31)34-26-25(4-3-13-32-26)20-9-16-37(17-10-20)29(40)38-18-22(30)19-38/h3-9,13,22,24H,10-12,14-19,30H2,1-2H3,(H3,31,32,33,34). The lowest BCUT2D eigenvalue weighted by molar-refractivity contribution is 0.0659. The number of hydrogen-bond acceptors (Lipinski definition) is 6. The molecule has 2 aromatic rings. The van der Waals surface area contributed by atoms with Crippen LogP contribution in [0.5, 0.6) is 0 Å². The molecule has 1 aromatic carbocycles. The number of amides is 3. The second-order valence-corrected chi connectivity index (χ2v) is 10.9. The maximum Gasteiger partial charge on any atom is 0.320 e. The maximum absolute atomic E-state index is 13.0. The van der Waals surface area contributed by atoms with Gasteiger partial charge in [0.2, 0.25) is 0 Å². The topological polar surface area (TPSA) is 136 Å². The van der Waals surface area contributed by atoms with E-state index < -0.39 is 0 Å². The van der Waals surface area contributed by atoms with Crippen molar-refractivity contribution >= 4 is 35.0 Å². The van der Waals surface area contributed by atoms with Crippen molar-refractivity contribution in [3.63, 3.8) is 0 Å². The normalized spacial score (nSPS) is 19.2. The van der Waals surface area contributed by atoms with Crippen LogP contribution in [0.1, 0.15) is 35.2 Å². The molecule has 4 heterocycles. The molecule has 212 valence electrons. The Labute approximate surface area is 235 Å². The highest BCUT2D eigenvalue weighted by Crippen LogP contribution is 2.29. The molecule has 40 heavy (non-hydrogen) atoms. The van der Waals surface area contributed by atoms with E-state index in [4.69, 9.17) is 11.5 Å². The summed E-state index contributed by atoms with van der Waals surface area (Å²) in [5.41, 5.74) is 15.4. The number of carbonyl (C=O) groups excluding carboxylic acids is 2. The molecule has 11 heteroatoms. The van der Waals surface area contributed by atoms with Gasteiger partial charge in [-0.3, -0.25) is 4.79 Å².